The Labute approximate surface area is 88.5 Å². The van der Waals surface area contributed by atoms with Gasteiger partial charge in [-0.05, 0) is 13.0 Å². The molecule has 0 spiro atoms. The van der Waals surface area contributed by atoms with Gasteiger partial charge in [0.2, 0.25) is 0 Å². The lowest BCUT2D eigenvalue weighted by molar-refractivity contribution is 0.655. The molecule has 0 aliphatic carbocycles. The number of nitrogens with zero attached hydrogens (tertiary/aromatic N) is 4. The first-order valence-electron chi connectivity index (χ1n) is 5.00. The third-order valence-corrected chi connectivity index (χ3v) is 2.32. The molecule has 0 saturated carbocycles. The highest BCUT2D eigenvalue weighted by molar-refractivity contribution is 5.56. The van der Waals surface area contributed by atoms with Crippen LogP contribution in [0, 0.1) is 0 Å². The Kier molecular flexibility index (Phi) is 2.82. The van der Waals surface area contributed by atoms with Gasteiger partial charge in [0.1, 0.15) is 0 Å². The largest absolute Gasteiger partial charge is 0.330 e. The lowest BCUT2D eigenvalue weighted by atomic mass is 10.2. The molecule has 0 atom stereocenters. The zero-order chi connectivity index (χ0) is 10.7. The normalized spacial score (nSPS) is 10.8. The molecule has 2 aromatic heterocycles. The fourth-order valence-corrected chi connectivity index (χ4v) is 1.55. The van der Waals surface area contributed by atoms with Crippen LogP contribution >= 0.6 is 0 Å². The van der Waals surface area contributed by atoms with E-state index in [0.29, 0.717) is 6.54 Å². The van der Waals surface area contributed by atoms with E-state index in [1.54, 1.807) is 4.68 Å². The minimum Gasteiger partial charge on any atom is -0.330 e. The van der Waals surface area contributed by atoms with E-state index in [9.17, 15) is 0 Å². The van der Waals surface area contributed by atoms with E-state index in [0.717, 1.165) is 24.2 Å². The Bertz CT molecular complexity index is 428. The van der Waals surface area contributed by atoms with Crippen LogP contribution in [0.2, 0.25) is 0 Å². The van der Waals surface area contributed by atoms with Crippen LogP contribution in [-0.4, -0.2) is 25.9 Å². The van der Waals surface area contributed by atoms with E-state index >= 15 is 0 Å². The number of imidazole rings is 1. The maximum absolute atomic E-state index is 5.49. The summed E-state index contributed by atoms with van der Waals surface area (Å²) in [5, 5.41) is 4.14. The van der Waals surface area contributed by atoms with Crippen LogP contribution in [0.5, 0.6) is 0 Å². The van der Waals surface area contributed by atoms with Gasteiger partial charge in [-0.2, -0.15) is 5.10 Å². The molecule has 0 aliphatic rings. The van der Waals surface area contributed by atoms with E-state index in [4.69, 9.17) is 5.73 Å². The molecule has 2 rings (SSSR count). The van der Waals surface area contributed by atoms with E-state index in [2.05, 4.69) is 14.6 Å². The molecule has 80 valence electrons. The van der Waals surface area contributed by atoms with Gasteiger partial charge in [-0.15, -0.1) is 0 Å². The van der Waals surface area contributed by atoms with Crippen LogP contribution in [-0.2, 0) is 13.6 Å². The molecule has 0 aromatic carbocycles. The zero-order valence-corrected chi connectivity index (χ0v) is 8.80. The Morgan fingerprint density at radius 1 is 1.40 bits per heavy atom. The van der Waals surface area contributed by atoms with Gasteiger partial charge in [0.15, 0.2) is 0 Å². The highest BCUT2D eigenvalue weighted by atomic mass is 15.2. The molecular formula is C10H15N5. The van der Waals surface area contributed by atoms with Crippen molar-refractivity contribution in [2.24, 2.45) is 12.8 Å². The third kappa shape index (κ3) is 2.07. The first-order chi connectivity index (χ1) is 7.31. The molecule has 0 saturated heterocycles. The molecule has 2 heterocycles. The quantitative estimate of drug-likeness (QED) is 0.796. The molecule has 2 N–H and O–H groups in total. The van der Waals surface area contributed by atoms with Crippen molar-refractivity contribution in [2.75, 3.05) is 6.54 Å². The Balaban J connectivity index is 2.24. The molecule has 2 aromatic rings. The van der Waals surface area contributed by atoms with Crippen molar-refractivity contribution < 1.29 is 0 Å². The van der Waals surface area contributed by atoms with Crippen LogP contribution in [0.15, 0.2) is 24.9 Å². The minimum atomic E-state index is 0.699. The molecule has 15 heavy (non-hydrogen) atoms. The van der Waals surface area contributed by atoms with Gasteiger partial charge < -0.3 is 10.3 Å². The van der Waals surface area contributed by atoms with Crippen LogP contribution in [0.3, 0.4) is 0 Å². The lowest BCUT2D eigenvalue weighted by Crippen LogP contribution is -2.05. The molecule has 0 fully saturated rings. The Morgan fingerprint density at radius 2 is 2.27 bits per heavy atom. The van der Waals surface area contributed by atoms with Gasteiger partial charge in [0, 0.05) is 25.4 Å². The topological polar surface area (TPSA) is 61.7 Å². The maximum Gasteiger partial charge on any atom is 0.0950 e. The monoisotopic (exact) mass is 205 g/mol. The summed E-state index contributed by atoms with van der Waals surface area (Å²) in [4.78, 5) is 4.15. The van der Waals surface area contributed by atoms with E-state index in [-0.39, 0.29) is 0 Å². The van der Waals surface area contributed by atoms with Crippen molar-refractivity contribution >= 4 is 0 Å². The highest BCUT2D eigenvalue weighted by Crippen LogP contribution is 2.17. The third-order valence-electron chi connectivity index (χ3n) is 2.32. The average molecular weight is 205 g/mol. The SMILES string of the molecule is Cn1cc(-c2cncn2CCCN)cn1. The average Bonchev–Trinajstić information content (AvgIpc) is 2.82. The molecule has 0 aliphatic heterocycles. The van der Waals surface area contributed by atoms with Gasteiger partial charge in [-0.25, -0.2) is 4.98 Å². The molecule has 0 bridgehead atoms. The smallest absolute Gasteiger partial charge is 0.0950 e. The van der Waals surface area contributed by atoms with Gasteiger partial charge in [-0.1, -0.05) is 0 Å². The molecule has 0 radical (unpaired) electrons. The lowest BCUT2D eigenvalue weighted by Gasteiger charge is -2.04. The van der Waals surface area contributed by atoms with Crippen LogP contribution < -0.4 is 5.73 Å². The van der Waals surface area contributed by atoms with Crippen molar-refractivity contribution in [3.8, 4) is 11.3 Å². The van der Waals surface area contributed by atoms with Crippen LogP contribution in [0.1, 0.15) is 6.42 Å². The molecular weight excluding hydrogens is 190 g/mol. The van der Waals surface area contributed by atoms with Crippen molar-refractivity contribution in [3.63, 3.8) is 0 Å². The summed E-state index contributed by atoms with van der Waals surface area (Å²) >= 11 is 0. The minimum absolute atomic E-state index is 0.699. The van der Waals surface area contributed by atoms with Crippen LogP contribution in [0.25, 0.3) is 11.3 Å². The second-order valence-corrected chi connectivity index (χ2v) is 3.52. The molecule has 5 nitrogen and oxygen atoms in total. The zero-order valence-electron chi connectivity index (χ0n) is 8.80. The van der Waals surface area contributed by atoms with Gasteiger partial charge in [0.25, 0.3) is 0 Å². The molecule has 5 heteroatoms. The summed E-state index contributed by atoms with van der Waals surface area (Å²) in [6.45, 7) is 1.60. The molecule has 0 amide bonds. The highest BCUT2D eigenvalue weighted by Gasteiger charge is 2.05. The Morgan fingerprint density at radius 3 is 2.93 bits per heavy atom. The second-order valence-electron chi connectivity index (χ2n) is 3.52. The van der Waals surface area contributed by atoms with Crippen molar-refractivity contribution in [2.45, 2.75) is 13.0 Å². The Hall–Kier alpha value is -1.62. The van der Waals surface area contributed by atoms with E-state index in [1.165, 1.54) is 0 Å². The number of nitrogens with two attached hydrogens (primary N) is 1. The predicted octanol–water partition coefficient (Wildman–Crippen LogP) is 0.632. The maximum atomic E-state index is 5.49. The first kappa shape index (κ1) is 9.92. The van der Waals surface area contributed by atoms with Crippen molar-refractivity contribution in [1.82, 2.24) is 19.3 Å². The number of hydrogen-bond acceptors (Lipinski definition) is 3. The van der Waals surface area contributed by atoms with Crippen molar-refractivity contribution in [1.29, 1.82) is 0 Å². The van der Waals surface area contributed by atoms with Gasteiger partial charge >= 0.3 is 0 Å². The van der Waals surface area contributed by atoms with E-state index < -0.39 is 0 Å². The fourth-order valence-electron chi connectivity index (χ4n) is 1.55. The predicted molar refractivity (Wildman–Crippen MR) is 58.1 cm³/mol. The number of aryl methyl sites for hydroxylation is 2. The summed E-state index contributed by atoms with van der Waals surface area (Å²) in [6.07, 6.45) is 8.47. The van der Waals surface area contributed by atoms with Gasteiger partial charge in [0.05, 0.1) is 24.4 Å². The summed E-state index contributed by atoms with van der Waals surface area (Å²) in [5.74, 6) is 0. The second kappa shape index (κ2) is 4.27. The number of aromatic nitrogens is 4. The van der Waals surface area contributed by atoms with E-state index in [1.807, 2.05) is 32.0 Å². The standard InChI is InChI=1S/C10H15N5/c1-14-7-9(5-13-14)10-6-12-8-15(10)4-2-3-11/h5-8H,2-4,11H2,1H3. The summed E-state index contributed by atoms with van der Waals surface area (Å²) in [7, 11) is 1.91. The van der Waals surface area contributed by atoms with Crippen LogP contribution in [0.4, 0.5) is 0 Å². The first-order valence-corrected chi connectivity index (χ1v) is 5.00. The van der Waals surface area contributed by atoms with Crippen molar-refractivity contribution in [3.05, 3.63) is 24.9 Å². The summed E-state index contributed by atoms with van der Waals surface area (Å²) in [6, 6.07) is 0. The molecule has 0 unspecified atom stereocenters. The summed E-state index contributed by atoms with van der Waals surface area (Å²) < 4.78 is 3.89. The number of rotatable bonds is 4. The van der Waals surface area contributed by atoms with Gasteiger partial charge in [-0.3, -0.25) is 4.68 Å². The summed E-state index contributed by atoms with van der Waals surface area (Å²) in [5.41, 5.74) is 7.67. The number of hydrogen-bond donors (Lipinski definition) is 1. The fraction of sp³-hybridized carbons (Fsp3) is 0.400.